The summed E-state index contributed by atoms with van der Waals surface area (Å²) in [5.41, 5.74) is 0. The van der Waals surface area contributed by atoms with Gasteiger partial charge in [0.15, 0.2) is 0 Å². The zero-order chi connectivity index (χ0) is 18.2. The van der Waals surface area contributed by atoms with E-state index in [0.717, 1.165) is 12.2 Å². The molecule has 2 rings (SSSR count). The van der Waals surface area contributed by atoms with Gasteiger partial charge < -0.3 is 29.5 Å². The first-order valence-corrected chi connectivity index (χ1v) is 10.2. The Balaban J connectivity index is 1.85. The predicted molar refractivity (Wildman–Crippen MR) is 102 cm³/mol. The summed E-state index contributed by atoms with van der Waals surface area (Å²) in [6, 6.07) is 7.05. The molecule has 25 heavy (non-hydrogen) atoms. The quantitative estimate of drug-likeness (QED) is 0.294. The number of hydrogen-bond acceptors (Lipinski definition) is 6. The molecule has 6 nitrogen and oxygen atoms in total. The Morgan fingerprint density at radius 2 is 1.64 bits per heavy atom. The molecule has 7 heteroatoms. The van der Waals surface area contributed by atoms with Crippen molar-refractivity contribution in [1.82, 2.24) is 0 Å². The smallest absolute Gasteiger partial charge is 0.229 e. The van der Waals surface area contributed by atoms with Crippen molar-refractivity contribution in [2.45, 2.75) is 63.3 Å². The van der Waals surface area contributed by atoms with E-state index in [2.05, 4.69) is 29.5 Å². The first-order valence-electron chi connectivity index (χ1n) is 8.72. The molecule has 0 saturated carbocycles. The summed E-state index contributed by atoms with van der Waals surface area (Å²) in [7, 11) is 0. The summed E-state index contributed by atoms with van der Waals surface area (Å²) in [6.07, 6.45) is -0.742. The molecule has 1 aliphatic heterocycles. The predicted octanol–water partition coefficient (Wildman–Crippen LogP) is 2.27. The van der Waals surface area contributed by atoms with Gasteiger partial charge in [0.1, 0.15) is 29.8 Å². The van der Waals surface area contributed by atoms with Crippen LogP contribution in [0.3, 0.4) is 0 Å². The fourth-order valence-corrected chi connectivity index (χ4v) is 3.34. The Bertz CT molecular complexity index is 495. The Morgan fingerprint density at radius 3 is 2.28 bits per heavy atom. The minimum Gasteiger partial charge on any atom is -0.494 e. The van der Waals surface area contributed by atoms with Gasteiger partial charge in [-0.25, -0.2) is 0 Å². The average molecular weight is 466 g/mol. The Labute approximate surface area is 162 Å². The largest absolute Gasteiger partial charge is 0.494 e. The van der Waals surface area contributed by atoms with Crippen molar-refractivity contribution >= 4 is 22.6 Å². The molecule has 1 aliphatic rings. The van der Waals surface area contributed by atoms with Gasteiger partial charge in [0.05, 0.1) is 12.7 Å². The standard InChI is InChI=1S/C18H27IO6/c1-2-3-4-5-10-23-12-6-8-13(9-7-12)24-18-17(22)16(21)15(20)14(11-19)25-18/h6-9,14-18,20-22H,2-5,10-11H2,1H3/t14-,15+,16+,17-,18-/m0/s1. The SMILES string of the molecule is CCCCCCOc1ccc(O[C@H]2O[C@@H](CI)[C@@H](O)[C@@H](O)[C@@H]2O)cc1. The molecule has 0 unspecified atom stereocenters. The third-order valence-corrected chi connectivity index (χ3v) is 5.03. The van der Waals surface area contributed by atoms with Crippen molar-refractivity contribution in [3.63, 3.8) is 0 Å². The van der Waals surface area contributed by atoms with Crippen molar-refractivity contribution in [2.24, 2.45) is 0 Å². The number of rotatable bonds is 9. The number of halogens is 1. The van der Waals surface area contributed by atoms with E-state index < -0.39 is 30.7 Å². The van der Waals surface area contributed by atoms with Crippen LogP contribution >= 0.6 is 22.6 Å². The maximum atomic E-state index is 10.0. The Kier molecular flexibility index (Phi) is 8.71. The van der Waals surface area contributed by atoms with Crippen molar-refractivity contribution in [1.29, 1.82) is 0 Å². The highest BCUT2D eigenvalue weighted by Crippen LogP contribution is 2.26. The van der Waals surface area contributed by atoms with Crippen LogP contribution < -0.4 is 9.47 Å². The third-order valence-electron chi connectivity index (χ3n) is 4.16. The van der Waals surface area contributed by atoms with Crippen molar-refractivity contribution < 1.29 is 29.5 Å². The Hall–Kier alpha value is -0.610. The molecule has 1 fully saturated rings. The van der Waals surface area contributed by atoms with Crippen molar-refractivity contribution in [3.8, 4) is 11.5 Å². The normalized spacial score (nSPS) is 29.4. The Morgan fingerprint density at radius 1 is 0.960 bits per heavy atom. The van der Waals surface area contributed by atoms with E-state index in [1.165, 1.54) is 19.3 Å². The summed E-state index contributed by atoms with van der Waals surface area (Å²) in [5, 5.41) is 29.8. The molecule has 0 aliphatic carbocycles. The lowest BCUT2D eigenvalue weighted by Gasteiger charge is -2.39. The third kappa shape index (κ3) is 5.96. The highest BCUT2D eigenvalue weighted by atomic mass is 127. The second-order valence-corrected chi connectivity index (χ2v) is 7.05. The minimum atomic E-state index is -1.32. The highest BCUT2D eigenvalue weighted by Gasteiger charge is 2.44. The lowest BCUT2D eigenvalue weighted by Crippen LogP contribution is -2.59. The minimum absolute atomic E-state index is 0.480. The zero-order valence-corrected chi connectivity index (χ0v) is 16.5. The van der Waals surface area contributed by atoms with E-state index >= 15 is 0 Å². The van der Waals surface area contributed by atoms with Crippen LogP contribution in [0.25, 0.3) is 0 Å². The van der Waals surface area contributed by atoms with Gasteiger partial charge in [0, 0.05) is 4.43 Å². The van der Waals surface area contributed by atoms with Crippen LogP contribution in [0, 0.1) is 0 Å². The maximum absolute atomic E-state index is 10.0. The van der Waals surface area contributed by atoms with E-state index in [-0.39, 0.29) is 0 Å². The van der Waals surface area contributed by atoms with Crippen LogP contribution in [0.4, 0.5) is 0 Å². The summed E-state index contributed by atoms with van der Waals surface area (Å²) in [4.78, 5) is 0. The molecule has 1 heterocycles. The molecule has 3 N–H and O–H groups in total. The molecule has 0 radical (unpaired) electrons. The van der Waals surface area contributed by atoms with Crippen molar-refractivity contribution in [3.05, 3.63) is 24.3 Å². The van der Waals surface area contributed by atoms with E-state index in [4.69, 9.17) is 14.2 Å². The first kappa shape index (κ1) is 20.7. The number of ether oxygens (including phenoxy) is 3. The second-order valence-electron chi connectivity index (χ2n) is 6.17. The van der Waals surface area contributed by atoms with Gasteiger partial charge in [0.25, 0.3) is 0 Å². The second kappa shape index (κ2) is 10.5. The van der Waals surface area contributed by atoms with E-state index in [1.54, 1.807) is 24.3 Å². The highest BCUT2D eigenvalue weighted by molar-refractivity contribution is 14.1. The summed E-state index contributed by atoms with van der Waals surface area (Å²) in [6.45, 7) is 2.86. The average Bonchev–Trinajstić information content (AvgIpc) is 2.63. The van der Waals surface area contributed by atoms with Crippen LogP contribution in [0.2, 0.25) is 0 Å². The number of aliphatic hydroxyl groups excluding tert-OH is 3. The van der Waals surface area contributed by atoms with Crippen LogP contribution in [0.5, 0.6) is 11.5 Å². The molecule has 0 spiro atoms. The van der Waals surface area contributed by atoms with Crippen LogP contribution in [0.15, 0.2) is 24.3 Å². The molecule has 0 aromatic heterocycles. The number of unbranched alkanes of at least 4 members (excludes halogenated alkanes) is 3. The topological polar surface area (TPSA) is 88.4 Å². The number of alkyl halides is 1. The van der Waals surface area contributed by atoms with Gasteiger partial charge in [-0.1, -0.05) is 48.8 Å². The lowest BCUT2D eigenvalue weighted by molar-refractivity contribution is -0.266. The van der Waals surface area contributed by atoms with Gasteiger partial charge in [-0.2, -0.15) is 0 Å². The van der Waals surface area contributed by atoms with Crippen LogP contribution in [-0.4, -0.2) is 57.1 Å². The summed E-state index contributed by atoms with van der Waals surface area (Å²) in [5.74, 6) is 1.26. The molecule has 1 aromatic rings. The number of aliphatic hydroxyl groups is 3. The maximum Gasteiger partial charge on any atom is 0.229 e. The molecule has 0 amide bonds. The lowest BCUT2D eigenvalue weighted by atomic mass is 10.00. The molecule has 142 valence electrons. The molecule has 1 aromatic carbocycles. The van der Waals surface area contributed by atoms with Gasteiger partial charge in [-0.05, 0) is 30.7 Å². The zero-order valence-electron chi connectivity index (χ0n) is 14.4. The van der Waals surface area contributed by atoms with Gasteiger partial charge >= 0.3 is 0 Å². The molecular weight excluding hydrogens is 439 g/mol. The number of hydrogen-bond donors (Lipinski definition) is 3. The van der Waals surface area contributed by atoms with E-state index in [9.17, 15) is 15.3 Å². The number of benzene rings is 1. The van der Waals surface area contributed by atoms with Crippen LogP contribution in [-0.2, 0) is 4.74 Å². The van der Waals surface area contributed by atoms with Crippen molar-refractivity contribution in [2.75, 3.05) is 11.0 Å². The first-order chi connectivity index (χ1) is 12.1. The van der Waals surface area contributed by atoms with E-state index in [0.29, 0.717) is 16.8 Å². The molecule has 5 atom stereocenters. The molecule has 0 bridgehead atoms. The van der Waals surface area contributed by atoms with E-state index in [1.807, 2.05) is 0 Å². The summed E-state index contributed by atoms with van der Waals surface area (Å²) < 4.78 is 17.3. The fourth-order valence-electron chi connectivity index (χ4n) is 2.61. The summed E-state index contributed by atoms with van der Waals surface area (Å²) >= 11 is 2.06. The van der Waals surface area contributed by atoms with Crippen LogP contribution in [0.1, 0.15) is 32.6 Å². The van der Waals surface area contributed by atoms with Gasteiger partial charge in [0.2, 0.25) is 6.29 Å². The monoisotopic (exact) mass is 466 g/mol. The molecular formula is C18H27IO6. The van der Waals surface area contributed by atoms with Gasteiger partial charge in [-0.3, -0.25) is 0 Å². The fraction of sp³-hybridized carbons (Fsp3) is 0.667. The molecule has 1 saturated heterocycles. The van der Waals surface area contributed by atoms with Gasteiger partial charge in [-0.15, -0.1) is 0 Å².